The average Bonchev–Trinajstić information content (AvgIpc) is 2.68. The Morgan fingerprint density at radius 2 is 1.54 bits per heavy atom. The molecule has 130 valence electrons. The molecule has 0 aliphatic carbocycles. The molecule has 3 nitrogen and oxygen atoms in total. The summed E-state index contributed by atoms with van der Waals surface area (Å²) in [5.41, 5.74) is 4.44. The largest absolute Gasteiger partial charge is 0.330 e. The molecule has 0 unspecified atom stereocenters. The van der Waals surface area contributed by atoms with Crippen LogP contribution in [0.2, 0.25) is 0 Å². The van der Waals surface area contributed by atoms with E-state index in [-0.39, 0.29) is 0 Å². The molecule has 0 N–H and O–H groups in total. The van der Waals surface area contributed by atoms with Gasteiger partial charge in [-0.15, -0.1) is 0 Å². The molecule has 4 rings (SSSR count). The Labute approximate surface area is 154 Å². The van der Waals surface area contributed by atoms with Crippen LogP contribution in [0, 0.1) is 5.92 Å². The van der Waals surface area contributed by atoms with Crippen LogP contribution in [0.3, 0.4) is 0 Å². The minimum atomic E-state index is 0.472. The van der Waals surface area contributed by atoms with E-state index in [1.165, 1.54) is 0 Å². The lowest BCUT2D eigenvalue weighted by molar-refractivity contribution is -0.691. The van der Waals surface area contributed by atoms with Gasteiger partial charge in [-0.1, -0.05) is 74.5 Å². The van der Waals surface area contributed by atoms with Gasteiger partial charge in [0.1, 0.15) is 6.54 Å². The molecule has 0 aromatic heterocycles. The second-order valence-corrected chi connectivity index (χ2v) is 6.92. The van der Waals surface area contributed by atoms with E-state index in [0.717, 1.165) is 34.7 Å². The predicted molar refractivity (Wildman–Crippen MR) is 106 cm³/mol. The van der Waals surface area contributed by atoms with Crippen molar-refractivity contribution < 1.29 is 9.52 Å². The lowest BCUT2D eigenvalue weighted by Crippen LogP contribution is -2.41. The first-order valence-corrected chi connectivity index (χ1v) is 9.05. The van der Waals surface area contributed by atoms with Crippen molar-refractivity contribution in [3.63, 3.8) is 0 Å². The maximum absolute atomic E-state index is 6.42. The van der Waals surface area contributed by atoms with Gasteiger partial charge in [0.15, 0.2) is 5.75 Å². The SMILES string of the molecule is CC(C)CN1Oc2c(cccc2-c2ccccc2)C=[N+]1c1ccccc1. The number of hydroxylamine groups is 1. The first kappa shape index (κ1) is 16.4. The van der Waals surface area contributed by atoms with Crippen molar-refractivity contribution in [2.24, 2.45) is 5.92 Å². The van der Waals surface area contributed by atoms with E-state index in [1.807, 2.05) is 29.4 Å². The summed E-state index contributed by atoms with van der Waals surface area (Å²) in [5, 5.41) is 1.95. The van der Waals surface area contributed by atoms with Crippen molar-refractivity contribution >= 4 is 11.9 Å². The van der Waals surface area contributed by atoms with Gasteiger partial charge in [0.2, 0.25) is 11.9 Å². The molecular formula is C23H23N2O+. The molecule has 0 radical (unpaired) electrons. The van der Waals surface area contributed by atoms with Gasteiger partial charge in [0.25, 0.3) is 0 Å². The number of nitrogens with zero attached hydrogens (tertiary/aromatic N) is 2. The number of benzene rings is 3. The number of hydrogen-bond acceptors (Lipinski definition) is 2. The summed E-state index contributed by atoms with van der Waals surface area (Å²) in [5.74, 6) is 1.38. The maximum atomic E-state index is 6.42. The van der Waals surface area contributed by atoms with Gasteiger partial charge in [-0.25, -0.2) is 0 Å². The van der Waals surface area contributed by atoms with Crippen LogP contribution < -0.4 is 4.84 Å². The Morgan fingerprint density at radius 1 is 0.846 bits per heavy atom. The second kappa shape index (κ2) is 7.04. The van der Waals surface area contributed by atoms with Gasteiger partial charge >= 0.3 is 0 Å². The first-order chi connectivity index (χ1) is 12.7. The Balaban J connectivity index is 1.84. The molecular weight excluding hydrogens is 320 g/mol. The molecule has 3 aromatic carbocycles. The van der Waals surface area contributed by atoms with Crippen molar-refractivity contribution in [1.29, 1.82) is 0 Å². The van der Waals surface area contributed by atoms with Gasteiger partial charge in [-0.3, -0.25) is 0 Å². The average molecular weight is 343 g/mol. The molecule has 3 aromatic rings. The van der Waals surface area contributed by atoms with Crippen LogP contribution in [0.4, 0.5) is 5.69 Å². The van der Waals surface area contributed by atoms with Crippen molar-refractivity contribution in [2.75, 3.05) is 6.54 Å². The highest BCUT2D eigenvalue weighted by molar-refractivity contribution is 5.87. The van der Waals surface area contributed by atoms with Crippen LogP contribution in [0.25, 0.3) is 11.1 Å². The molecule has 0 saturated heterocycles. The van der Waals surface area contributed by atoms with Gasteiger partial charge in [0, 0.05) is 17.7 Å². The highest BCUT2D eigenvalue weighted by atomic mass is 16.7. The number of hydrogen-bond donors (Lipinski definition) is 0. The van der Waals surface area contributed by atoms with Crippen LogP contribution >= 0.6 is 0 Å². The molecule has 3 heteroatoms. The normalized spacial score (nSPS) is 13.2. The third-order valence-electron chi connectivity index (χ3n) is 4.37. The number of fused-ring (bicyclic) bond motifs is 1. The quantitative estimate of drug-likeness (QED) is 0.598. The van der Waals surface area contributed by atoms with Gasteiger partial charge in [-0.05, 0) is 27.4 Å². The second-order valence-electron chi connectivity index (χ2n) is 6.92. The Kier molecular flexibility index (Phi) is 4.44. The molecule has 0 fully saturated rings. The summed E-state index contributed by atoms with van der Waals surface area (Å²) in [7, 11) is 0. The van der Waals surface area contributed by atoms with E-state index in [2.05, 4.69) is 79.3 Å². The van der Waals surface area contributed by atoms with E-state index in [0.29, 0.717) is 5.92 Å². The van der Waals surface area contributed by atoms with Gasteiger partial charge in [-0.2, -0.15) is 0 Å². The maximum Gasteiger partial charge on any atom is 0.238 e. The first-order valence-electron chi connectivity index (χ1n) is 9.05. The summed E-state index contributed by atoms with van der Waals surface area (Å²) in [6, 6.07) is 27.0. The fourth-order valence-electron chi connectivity index (χ4n) is 3.17. The Bertz CT molecular complexity index is 917. The van der Waals surface area contributed by atoms with E-state index in [9.17, 15) is 0 Å². The molecule has 1 aliphatic heterocycles. The molecule has 26 heavy (non-hydrogen) atoms. The number of para-hydroxylation sites is 2. The van der Waals surface area contributed by atoms with Crippen LogP contribution in [0.5, 0.6) is 5.75 Å². The molecule has 0 spiro atoms. The highest BCUT2D eigenvalue weighted by Crippen LogP contribution is 2.36. The third kappa shape index (κ3) is 3.21. The van der Waals surface area contributed by atoms with Crippen molar-refractivity contribution in [1.82, 2.24) is 5.17 Å². The van der Waals surface area contributed by atoms with Crippen molar-refractivity contribution in [3.8, 4) is 16.9 Å². The van der Waals surface area contributed by atoms with Crippen LogP contribution in [0.1, 0.15) is 19.4 Å². The minimum Gasteiger partial charge on any atom is -0.330 e. The van der Waals surface area contributed by atoms with E-state index in [1.54, 1.807) is 0 Å². The zero-order chi connectivity index (χ0) is 17.9. The van der Waals surface area contributed by atoms with Crippen molar-refractivity contribution in [3.05, 3.63) is 84.4 Å². The molecule has 1 aliphatic rings. The van der Waals surface area contributed by atoms with Crippen LogP contribution in [0.15, 0.2) is 78.9 Å². The monoisotopic (exact) mass is 343 g/mol. The zero-order valence-corrected chi connectivity index (χ0v) is 15.2. The molecule has 1 heterocycles. The Hall–Kier alpha value is -3.07. The Morgan fingerprint density at radius 3 is 2.23 bits per heavy atom. The van der Waals surface area contributed by atoms with E-state index >= 15 is 0 Å². The lowest BCUT2D eigenvalue weighted by atomic mass is 10.0. The number of hydrazine groups is 1. The number of hydrazone groups is 1. The fraction of sp³-hybridized carbons (Fsp3) is 0.174. The smallest absolute Gasteiger partial charge is 0.238 e. The summed E-state index contributed by atoms with van der Waals surface area (Å²) in [4.78, 5) is 6.42. The topological polar surface area (TPSA) is 15.5 Å². The van der Waals surface area contributed by atoms with Gasteiger partial charge in [0.05, 0.1) is 5.56 Å². The summed E-state index contributed by atoms with van der Waals surface area (Å²) in [6.07, 6.45) is 2.16. The summed E-state index contributed by atoms with van der Waals surface area (Å²) < 4.78 is 2.09. The summed E-state index contributed by atoms with van der Waals surface area (Å²) >= 11 is 0. The fourth-order valence-corrected chi connectivity index (χ4v) is 3.17. The van der Waals surface area contributed by atoms with Crippen LogP contribution in [-0.2, 0) is 0 Å². The standard InChI is InChI=1S/C23H23N2O/c1-18(2)16-25-24(21-13-7-4-8-14-21)17-20-12-9-15-22(23(20)26-25)19-10-5-3-6-11-19/h3-15,17-18H,16H2,1-2H3/q+1. The third-order valence-corrected chi connectivity index (χ3v) is 4.37. The van der Waals surface area contributed by atoms with Crippen molar-refractivity contribution in [2.45, 2.75) is 13.8 Å². The predicted octanol–water partition coefficient (Wildman–Crippen LogP) is 5.30. The molecule has 0 bridgehead atoms. The van der Waals surface area contributed by atoms with Crippen LogP contribution in [-0.4, -0.2) is 22.6 Å². The molecule has 0 amide bonds. The van der Waals surface area contributed by atoms with E-state index in [4.69, 9.17) is 4.84 Å². The lowest BCUT2D eigenvalue weighted by Gasteiger charge is -2.26. The summed E-state index contributed by atoms with van der Waals surface area (Å²) in [6.45, 7) is 5.20. The van der Waals surface area contributed by atoms with E-state index < -0.39 is 0 Å². The zero-order valence-electron chi connectivity index (χ0n) is 15.2. The minimum absolute atomic E-state index is 0.472. The highest BCUT2D eigenvalue weighted by Gasteiger charge is 2.30. The molecule has 0 atom stereocenters. The molecule has 0 saturated carbocycles. The number of rotatable bonds is 4. The van der Waals surface area contributed by atoms with Gasteiger partial charge < -0.3 is 4.84 Å².